The van der Waals surface area contributed by atoms with E-state index in [1.54, 1.807) is 4.90 Å². The number of fused-ring (bicyclic) bond motifs is 1. The first-order valence-electron chi connectivity index (χ1n) is 11.5. The lowest BCUT2D eigenvalue weighted by molar-refractivity contribution is -0.119. The second-order valence-corrected chi connectivity index (χ2v) is 8.64. The van der Waals surface area contributed by atoms with Gasteiger partial charge < -0.3 is 14.2 Å². The number of hydrogen-bond acceptors (Lipinski definition) is 5. The van der Waals surface area contributed by atoms with Gasteiger partial charge in [-0.3, -0.25) is 14.5 Å². The summed E-state index contributed by atoms with van der Waals surface area (Å²) < 4.78 is 16.8. The minimum Gasteiger partial charge on any atom is -0.457 e. The minimum atomic E-state index is -0.276. The Hall–Kier alpha value is -4.06. The molecule has 0 N–H and O–H groups in total. The fraction of sp³-hybridized carbons (Fsp3) is 0.214. The van der Waals surface area contributed by atoms with Gasteiger partial charge in [0.05, 0.1) is 0 Å². The molecular formula is C28H23NO5. The van der Waals surface area contributed by atoms with Crippen molar-refractivity contribution in [3.8, 4) is 23.0 Å². The number of para-hydroxylation sites is 1. The lowest BCUT2D eigenvalue weighted by Crippen LogP contribution is -2.40. The fourth-order valence-electron chi connectivity index (χ4n) is 4.99. The summed E-state index contributed by atoms with van der Waals surface area (Å²) in [5.41, 5.74) is 3.21. The fourth-order valence-corrected chi connectivity index (χ4v) is 4.99. The Kier molecular flexibility index (Phi) is 5.06. The Balaban J connectivity index is 1.35. The van der Waals surface area contributed by atoms with Gasteiger partial charge in [0.2, 0.25) is 12.7 Å². The topological polar surface area (TPSA) is 65.1 Å². The SMILES string of the molecule is O=C1CCCC2=C1C(c1ccc3c(c1)OCO3)CC(=O)N2c1ccc(Oc2ccccc2)cc1. The van der Waals surface area contributed by atoms with Crippen molar-refractivity contribution in [2.45, 2.75) is 31.6 Å². The molecule has 3 aromatic carbocycles. The monoisotopic (exact) mass is 453 g/mol. The average molecular weight is 453 g/mol. The van der Waals surface area contributed by atoms with E-state index < -0.39 is 0 Å². The zero-order valence-electron chi connectivity index (χ0n) is 18.5. The largest absolute Gasteiger partial charge is 0.457 e. The molecule has 0 saturated heterocycles. The summed E-state index contributed by atoms with van der Waals surface area (Å²) in [5, 5.41) is 0. The van der Waals surface area contributed by atoms with E-state index in [1.807, 2.05) is 72.8 Å². The summed E-state index contributed by atoms with van der Waals surface area (Å²) in [4.78, 5) is 28.3. The van der Waals surface area contributed by atoms with Crippen LogP contribution in [0.3, 0.4) is 0 Å². The maximum absolute atomic E-state index is 13.4. The van der Waals surface area contributed by atoms with E-state index in [-0.39, 0.29) is 30.8 Å². The van der Waals surface area contributed by atoms with E-state index in [1.165, 1.54) is 0 Å². The van der Waals surface area contributed by atoms with Gasteiger partial charge in [0.25, 0.3) is 0 Å². The number of carbonyl (C=O) groups excluding carboxylic acids is 2. The number of rotatable bonds is 4. The lowest BCUT2D eigenvalue weighted by Gasteiger charge is -2.38. The number of carbonyl (C=O) groups is 2. The maximum Gasteiger partial charge on any atom is 0.232 e. The molecule has 6 nitrogen and oxygen atoms in total. The Morgan fingerprint density at radius 2 is 1.59 bits per heavy atom. The highest BCUT2D eigenvalue weighted by Gasteiger charge is 2.40. The van der Waals surface area contributed by atoms with Crippen LogP contribution < -0.4 is 19.1 Å². The molecule has 2 heterocycles. The third-order valence-electron chi connectivity index (χ3n) is 6.55. The van der Waals surface area contributed by atoms with E-state index in [2.05, 4.69) is 0 Å². The summed E-state index contributed by atoms with van der Waals surface area (Å²) in [5.74, 6) is 2.60. The second-order valence-electron chi connectivity index (χ2n) is 8.64. The Morgan fingerprint density at radius 1 is 0.824 bits per heavy atom. The molecule has 1 aliphatic carbocycles. The summed E-state index contributed by atoms with van der Waals surface area (Å²) in [6, 6.07) is 22.7. The van der Waals surface area contributed by atoms with Crippen LogP contribution in [0.25, 0.3) is 0 Å². The van der Waals surface area contributed by atoms with Crippen molar-refractivity contribution in [3.05, 3.63) is 89.6 Å². The lowest BCUT2D eigenvalue weighted by atomic mass is 9.77. The van der Waals surface area contributed by atoms with Crippen molar-refractivity contribution in [2.24, 2.45) is 0 Å². The summed E-state index contributed by atoms with van der Waals surface area (Å²) >= 11 is 0. The number of amides is 1. The van der Waals surface area contributed by atoms with Crippen LogP contribution >= 0.6 is 0 Å². The molecule has 2 aliphatic heterocycles. The molecule has 34 heavy (non-hydrogen) atoms. The van der Waals surface area contributed by atoms with Gasteiger partial charge in [-0.1, -0.05) is 24.3 Å². The molecule has 6 rings (SSSR count). The predicted molar refractivity (Wildman–Crippen MR) is 126 cm³/mol. The highest BCUT2D eigenvalue weighted by molar-refractivity contribution is 6.07. The molecule has 0 radical (unpaired) electrons. The molecular weight excluding hydrogens is 430 g/mol. The van der Waals surface area contributed by atoms with Crippen LogP contribution in [0.2, 0.25) is 0 Å². The number of anilines is 1. The molecule has 170 valence electrons. The maximum atomic E-state index is 13.4. The standard InChI is InChI=1S/C28H23NO5/c30-24-8-4-7-23-28(24)22(18-9-14-25-26(15-18)33-17-32-25)16-27(31)29(23)19-10-12-21(13-11-19)34-20-5-2-1-3-6-20/h1-3,5-6,9-15,22H,4,7-8,16-17H2. The zero-order chi connectivity index (χ0) is 23.1. The number of ether oxygens (including phenoxy) is 3. The molecule has 3 aliphatic rings. The molecule has 0 saturated carbocycles. The normalized spacial score (nSPS) is 19.3. The van der Waals surface area contributed by atoms with Crippen LogP contribution in [0, 0.1) is 0 Å². The van der Waals surface area contributed by atoms with Crippen LogP contribution in [0.4, 0.5) is 5.69 Å². The first-order chi connectivity index (χ1) is 16.7. The molecule has 0 fully saturated rings. The van der Waals surface area contributed by atoms with Crippen molar-refractivity contribution in [3.63, 3.8) is 0 Å². The average Bonchev–Trinajstić information content (AvgIpc) is 3.33. The van der Waals surface area contributed by atoms with Gasteiger partial charge in [-0.05, 0) is 66.9 Å². The predicted octanol–water partition coefficient (Wildman–Crippen LogP) is 5.74. The molecule has 0 aromatic heterocycles. The number of Topliss-reactive ketones (excluding diaryl/α,β-unsaturated/α-hetero) is 1. The quantitative estimate of drug-likeness (QED) is 0.504. The van der Waals surface area contributed by atoms with E-state index in [9.17, 15) is 9.59 Å². The first-order valence-corrected chi connectivity index (χ1v) is 11.5. The van der Waals surface area contributed by atoms with Crippen LogP contribution in [-0.2, 0) is 9.59 Å². The number of allylic oxidation sites excluding steroid dienone is 2. The van der Waals surface area contributed by atoms with E-state index in [0.29, 0.717) is 30.1 Å². The summed E-state index contributed by atoms with van der Waals surface area (Å²) in [7, 11) is 0. The smallest absolute Gasteiger partial charge is 0.232 e. The van der Waals surface area contributed by atoms with Gasteiger partial charge in [-0.25, -0.2) is 0 Å². The second kappa shape index (κ2) is 8.37. The zero-order valence-corrected chi connectivity index (χ0v) is 18.5. The van der Waals surface area contributed by atoms with Crippen molar-refractivity contribution in [2.75, 3.05) is 11.7 Å². The third kappa shape index (κ3) is 3.61. The van der Waals surface area contributed by atoms with Gasteiger partial charge in [-0.15, -0.1) is 0 Å². The molecule has 1 atom stereocenters. The van der Waals surface area contributed by atoms with Crippen molar-refractivity contribution < 1.29 is 23.8 Å². The highest BCUT2D eigenvalue weighted by atomic mass is 16.7. The Morgan fingerprint density at radius 3 is 2.41 bits per heavy atom. The van der Waals surface area contributed by atoms with Crippen LogP contribution in [0.15, 0.2) is 84.1 Å². The van der Waals surface area contributed by atoms with Crippen LogP contribution in [-0.4, -0.2) is 18.5 Å². The van der Waals surface area contributed by atoms with Gasteiger partial charge in [0.15, 0.2) is 17.3 Å². The number of nitrogens with zero attached hydrogens (tertiary/aromatic N) is 1. The van der Waals surface area contributed by atoms with Gasteiger partial charge in [-0.2, -0.15) is 0 Å². The van der Waals surface area contributed by atoms with Gasteiger partial charge >= 0.3 is 0 Å². The Bertz CT molecular complexity index is 1300. The molecule has 1 amide bonds. The molecule has 3 aromatic rings. The van der Waals surface area contributed by atoms with E-state index in [4.69, 9.17) is 14.2 Å². The van der Waals surface area contributed by atoms with Crippen LogP contribution in [0.5, 0.6) is 23.0 Å². The van der Waals surface area contributed by atoms with E-state index in [0.717, 1.165) is 34.7 Å². The molecule has 6 heteroatoms. The molecule has 1 unspecified atom stereocenters. The highest BCUT2D eigenvalue weighted by Crippen LogP contribution is 2.45. The number of ketones is 1. The first kappa shape index (κ1) is 20.5. The van der Waals surface area contributed by atoms with Crippen molar-refractivity contribution in [1.82, 2.24) is 0 Å². The van der Waals surface area contributed by atoms with Crippen molar-refractivity contribution in [1.29, 1.82) is 0 Å². The van der Waals surface area contributed by atoms with Gasteiger partial charge in [0.1, 0.15) is 11.5 Å². The molecule has 0 spiro atoms. The van der Waals surface area contributed by atoms with Crippen LogP contribution in [0.1, 0.15) is 37.2 Å². The minimum absolute atomic E-state index is 0.0205. The molecule has 0 bridgehead atoms. The van der Waals surface area contributed by atoms with Crippen molar-refractivity contribution >= 4 is 17.4 Å². The third-order valence-corrected chi connectivity index (χ3v) is 6.55. The number of benzene rings is 3. The Labute approximate surface area is 197 Å². The summed E-state index contributed by atoms with van der Waals surface area (Å²) in [6.07, 6.45) is 2.17. The summed E-state index contributed by atoms with van der Waals surface area (Å²) in [6.45, 7) is 0.188. The number of hydrogen-bond donors (Lipinski definition) is 0. The van der Waals surface area contributed by atoms with Gasteiger partial charge in [0, 0.05) is 35.7 Å². The van der Waals surface area contributed by atoms with E-state index >= 15 is 0 Å².